The molecule has 3 heteroatoms. The fourth-order valence-electron chi connectivity index (χ4n) is 8.85. The maximum Gasteiger partial charge on any atom is 0.160 e. The third-order valence-corrected chi connectivity index (χ3v) is 11.8. The van der Waals surface area contributed by atoms with E-state index >= 15 is 0 Å². The molecule has 0 spiro atoms. The van der Waals surface area contributed by atoms with Gasteiger partial charge in [-0.25, -0.2) is 9.97 Å². The van der Waals surface area contributed by atoms with Crippen molar-refractivity contribution in [2.45, 2.75) is 12.8 Å². The Labute approximate surface area is 356 Å². The molecule has 1 aliphatic carbocycles. The molecule has 1 aliphatic rings. The van der Waals surface area contributed by atoms with E-state index in [9.17, 15) is 0 Å². The zero-order chi connectivity index (χ0) is 40.5. The van der Waals surface area contributed by atoms with E-state index in [2.05, 4.69) is 223 Å². The number of rotatable bonds is 8. The van der Waals surface area contributed by atoms with Gasteiger partial charge < -0.3 is 4.57 Å². The quantitative estimate of drug-likeness (QED) is 0.154. The van der Waals surface area contributed by atoms with Gasteiger partial charge in [-0.15, -0.1) is 0 Å². The van der Waals surface area contributed by atoms with Gasteiger partial charge >= 0.3 is 0 Å². The van der Waals surface area contributed by atoms with Crippen molar-refractivity contribution in [1.82, 2.24) is 14.5 Å². The van der Waals surface area contributed by atoms with Gasteiger partial charge in [0.15, 0.2) is 5.82 Å². The van der Waals surface area contributed by atoms with Gasteiger partial charge in [0.2, 0.25) is 0 Å². The maximum absolute atomic E-state index is 5.34. The highest BCUT2D eigenvalue weighted by Crippen LogP contribution is 2.45. The van der Waals surface area contributed by atoms with E-state index in [1.165, 1.54) is 33.0 Å². The average molecular weight is 780 g/mol. The Morgan fingerprint density at radius 2 is 0.820 bits per heavy atom. The second-order valence-electron chi connectivity index (χ2n) is 15.7. The van der Waals surface area contributed by atoms with Gasteiger partial charge in [0.1, 0.15) is 0 Å². The molecule has 0 saturated carbocycles. The molecule has 10 aromatic rings. The molecule has 0 unspecified atom stereocenters. The molecule has 0 bridgehead atoms. The lowest BCUT2D eigenvalue weighted by atomic mass is 9.91. The molecule has 2 aromatic heterocycles. The minimum atomic E-state index is 0.713. The number of hydrogen-bond acceptors (Lipinski definition) is 2. The van der Waals surface area contributed by atoms with Gasteiger partial charge in [-0.1, -0.05) is 182 Å². The molecule has 0 saturated heterocycles. The first-order valence-corrected chi connectivity index (χ1v) is 21.1. The van der Waals surface area contributed by atoms with Crippen LogP contribution in [0.3, 0.4) is 0 Å². The summed E-state index contributed by atoms with van der Waals surface area (Å²) in [6, 6.07) is 74.1. The summed E-state index contributed by atoms with van der Waals surface area (Å²) in [5.41, 5.74) is 17.6. The molecule has 0 atom stereocenters. The van der Waals surface area contributed by atoms with E-state index in [0.717, 1.165) is 79.9 Å². The summed E-state index contributed by atoms with van der Waals surface area (Å²) in [6.07, 6.45) is 8.78. The number of benzene rings is 8. The Morgan fingerprint density at radius 3 is 1.30 bits per heavy atom. The molecule has 61 heavy (non-hydrogen) atoms. The highest BCUT2D eigenvalue weighted by atomic mass is 15.0. The fraction of sp³-hybridized carbons (Fsp3) is 0.0345. The molecular weight excluding hydrogens is 739 g/mol. The summed E-state index contributed by atoms with van der Waals surface area (Å²) in [4.78, 5) is 10.5. The Kier molecular flexibility index (Phi) is 9.33. The zero-order valence-corrected chi connectivity index (χ0v) is 33.6. The first-order valence-electron chi connectivity index (χ1n) is 21.1. The van der Waals surface area contributed by atoms with Crippen molar-refractivity contribution in [3.63, 3.8) is 0 Å². The SMILES string of the molecule is C1=CC(c2cc(-c3cc(-c4ccccc4)c(-n4c5ccc(-c6ccccc6)cc5c5cc(-c6ccccc6)ccc54)c(-c4ccccc4)c3)nc(-c3ccccc3)n2)=CCC1. The van der Waals surface area contributed by atoms with Crippen LogP contribution in [-0.4, -0.2) is 14.5 Å². The van der Waals surface area contributed by atoms with Crippen LogP contribution in [0.15, 0.2) is 224 Å². The summed E-state index contributed by atoms with van der Waals surface area (Å²) in [5.74, 6) is 0.713. The van der Waals surface area contributed by atoms with Crippen molar-refractivity contribution in [2.24, 2.45) is 0 Å². The van der Waals surface area contributed by atoms with Crippen LogP contribution in [0.25, 0.3) is 100 Å². The fourth-order valence-corrected chi connectivity index (χ4v) is 8.85. The van der Waals surface area contributed by atoms with Crippen LogP contribution in [0.2, 0.25) is 0 Å². The van der Waals surface area contributed by atoms with Gasteiger partial charge in [0.05, 0.1) is 28.1 Å². The minimum absolute atomic E-state index is 0.713. The lowest BCUT2D eigenvalue weighted by molar-refractivity contribution is 1.03. The number of allylic oxidation sites excluding steroid dienone is 4. The Bertz CT molecular complexity index is 3100. The van der Waals surface area contributed by atoms with E-state index in [1.807, 2.05) is 6.07 Å². The van der Waals surface area contributed by atoms with E-state index < -0.39 is 0 Å². The van der Waals surface area contributed by atoms with Gasteiger partial charge in [-0.3, -0.25) is 0 Å². The number of nitrogens with zero attached hydrogens (tertiary/aromatic N) is 3. The first kappa shape index (κ1) is 36.2. The Balaban J connectivity index is 1.23. The third-order valence-electron chi connectivity index (χ3n) is 11.8. The molecule has 0 fully saturated rings. The lowest BCUT2D eigenvalue weighted by Gasteiger charge is -2.21. The molecule has 11 rings (SSSR count). The largest absolute Gasteiger partial charge is 0.308 e. The van der Waals surface area contributed by atoms with Crippen LogP contribution in [0.1, 0.15) is 18.5 Å². The molecule has 3 nitrogen and oxygen atoms in total. The monoisotopic (exact) mass is 779 g/mol. The van der Waals surface area contributed by atoms with E-state index in [4.69, 9.17) is 9.97 Å². The van der Waals surface area contributed by atoms with Gasteiger partial charge in [-0.05, 0) is 94.3 Å². The molecular formula is C58H41N3. The van der Waals surface area contributed by atoms with Gasteiger partial charge in [0.25, 0.3) is 0 Å². The van der Waals surface area contributed by atoms with Crippen LogP contribution in [0.4, 0.5) is 0 Å². The van der Waals surface area contributed by atoms with Crippen molar-refractivity contribution < 1.29 is 0 Å². The van der Waals surface area contributed by atoms with Crippen LogP contribution < -0.4 is 0 Å². The van der Waals surface area contributed by atoms with Crippen molar-refractivity contribution in [2.75, 3.05) is 0 Å². The third kappa shape index (κ3) is 6.86. The van der Waals surface area contributed by atoms with Crippen LogP contribution in [-0.2, 0) is 0 Å². The molecule has 0 radical (unpaired) electrons. The molecule has 0 aliphatic heterocycles. The van der Waals surface area contributed by atoms with Crippen molar-refractivity contribution in [1.29, 1.82) is 0 Å². The predicted octanol–water partition coefficient (Wildman–Crippen LogP) is 15.3. The van der Waals surface area contributed by atoms with E-state index in [0.29, 0.717) is 5.82 Å². The molecule has 2 heterocycles. The Morgan fingerprint density at radius 1 is 0.361 bits per heavy atom. The second-order valence-corrected chi connectivity index (χ2v) is 15.7. The smallest absolute Gasteiger partial charge is 0.160 e. The topological polar surface area (TPSA) is 30.7 Å². The van der Waals surface area contributed by atoms with E-state index in [-0.39, 0.29) is 0 Å². The van der Waals surface area contributed by atoms with Crippen molar-refractivity contribution in [3.8, 4) is 72.8 Å². The first-order chi connectivity index (χ1) is 30.2. The lowest BCUT2D eigenvalue weighted by Crippen LogP contribution is -2.03. The molecule has 0 N–H and O–H groups in total. The Hall–Kier alpha value is -7.88. The van der Waals surface area contributed by atoms with Crippen LogP contribution in [0.5, 0.6) is 0 Å². The van der Waals surface area contributed by atoms with Crippen molar-refractivity contribution in [3.05, 3.63) is 230 Å². The number of fused-ring (bicyclic) bond motifs is 3. The van der Waals surface area contributed by atoms with Crippen LogP contribution in [0, 0.1) is 0 Å². The maximum atomic E-state index is 5.34. The number of hydrogen-bond donors (Lipinski definition) is 0. The predicted molar refractivity (Wildman–Crippen MR) is 255 cm³/mol. The molecule has 0 amide bonds. The summed E-state index contributed by atoms with van der Waals surface area (Å²) < 4.78 is 2.50. The standard InChI is InChI=1S/C58H41N3/c1-7-19-40(20-8-1)46-31-33-55-51(35-46)52-36-47(41-21-9-2-10-22-41)32-34-56(52)61(55)57-49(42-23-11-3-12-24-42)37-48(38-50(57)43-25-13-4-14-26-43)54-39-53(44-27-15-5-16-28-44)59-58(60-54)45-29-17-6-18-30-45/h1-4,6-15,17-39H,5,16H2. The second kappa shape index (κ2) is 15.7. The summed E-state index contributed by atoms with van der Waals surface area (Å²) in [6.45, 7) is 0. The number of aromatic nitrogens is 3. The average Bonchev–Trinajstić information content (AvgIpc) is 3.67. The summed E-state index contributed by atoms with van der Waals surface area (Å²) in [5, 5.41) is 2.41. The molecule has 288 valence electrons. The van der Waals surface area contributed by atoms with Gasteiger partial charge in [0, 0.05) is 33.0 Å². The minimum Gasteiger partial charge on any atom is -0.308 e. The summed E-state index contributed by atoms with van der Waals surface area (Å²) >= 11 is 0. The highest BCUT2D eigenvalue weighted by Gasteiger charge is 2.23. The zero-order valence-electron chi connectivity index (χ0n) is 33.6. The van der Waals surface area contributed by atoms with Gasteiger partial charge in [-0.2, -0.15) is 0 Å². The normalized spacial score (nSPS) is 12.5. The van der Waals surface area contributed by atoms with Crippen LogP contribution >= 0.6 is 0 Å². The van der Waals surface area contributed by atoms with E-state index in [1.54, 1.807) is 0 Å². The molecule has 8 aromatic carbocycles. The van der Waals surface area contributed by atoms with Crippen molar-refractivity contribution >= 4 is 27.4 Å². The summed E-state index contributed by atoms with van der Waals surface area (Å²) in [7, 11) is 0. The highest BCUT2D eigenvalue weighted by molar-refractivity contribution is 6.13.